The van der Waals surface area contributed by atoms with Crippen LogP contribution in [0.2, 0.25) is 0 Å². The van der Waals surface area contributed by atoms with Crippen molar-refractivity contribution in [2.75, 3.05) is 9.80 Å². The first-order valence-corrected chi connectivity index (χ1v) is 21.3. The minimum absolute atomic E-state index is 1.11. The van der Waals surface area contributed by atoms with Crippen LogP contribution in [0.15, 0.2) is 243 Å². The summed E-state index contributed by atoms with van der Waals surface area (Å²) in [5.74, 6) is 0. The van der Waals surface area contributed by atoms with Crippen LogP contribution >= 0.6 is 0 Å². The van der Waals surface area contributed by atoms with Gasteiger partial charge in [-0.15, -0.1) is 0 Å². The van der Waals surface area contributed by atoms with Gasteiger partial charge >= 0.3 is 0 Å². The van der Waals surface area contributed by atoms with Crippen molar-refractivity contribution in [3.8, 4) is 22.3 Å². The van der Waals surface area contributed by atoms with E-state index in [1.54, 1.807) is 0 Å². The molecule has 12 rings (SSSR count). The zero-order chi connectivity index (χ0) is 41.0. The number of para-hydroxylation sites is 4. The first-order valence-electron chi connectivity index (χ1n) is 21.3. The fourth-order valence-corrected chi connectivity index (χ4v) is 9.80. The third-order valence-electron chi connectivity index (χ3n) is 12.5. The second kappa shape index (κ2) is 14.8. The summed E-state index contributed by atoms with van der Waals surface area (Å²) in [6.45, 7) is 0. The maximum atomic E-state index is 2.47. The summed E-state index contributed by atoms with van der Waals surface area (Å²) < 4.78 is 0. The summed E-state index contributed by atoms with van der Waals surface area (Å²) in [6.07, 6.45) is 0. The number of anilines is 6. The summed E-state index contributed by atoms with van der Waals surface area (Å²) >= 11 is 0. The van der Waals surface area contributed by atoms with Crippen LogP contribution in [0.3, 0.4) is 0 Å². The zero-order valence-electron chi connectivity index (χ0n) is 34.0. The van der Waals surface area contributed by atoms with Gasteiger partial charge in [0.15, 0.2) is 0 Å². The van der Waals surface area contributed by atoms with E-state index >= 15 is 0 Å². The molecule has 0 saturated heterocycles. The topological polar surface area (TPSA) is 6.48 Å². The lowest BCUT2D eigenvalue weighted by Gasteiger charge is -2.29. The Hall–Kier alpha value is -8.20. The number of hydrogen-bond donors (Lipinski definition) is 0. The van der Waals surface area contributed by atoms with Crippen molar-refractivity contribution in [2.45, 2.75) is 0 Å². The van der Waals surface area contributed by atoms with Crippen LogP contribution in [0.25, 0.3) is 76.1 Å². The Kier molecular flexibility index (Phi) is 8.53. The number of benzene rings is 12. The Bertz CT molecular complexity index is 3230. The number of nitrogens with zero attached hydrogens (tertiary/aromatic N) is 2. The van der Waals surface area contributed by atoms with Crippen molar-refractivity contribution in [2.24, 2.45) is 0 Å². The van der Waals surface area contributed by atoms with Crippen LogP contribution in [0.5, 0.6) is 0 Å². The minimum atomic E-state index is 1.11. The predicted octanol–water partition coefficient (Wildman–Crippen LogP) is 17.2. The van der Waals surface area contributed by atoms with E-state index in [4.69, 9.17) is 0 Å². The highest BCUT2D eigenvalue weighted by atomic mass is 15.1. The number of fused-ring (bicyclic) bond motifs is 2. The first-order chi connectivity index (χ1) is 30.8. The van der Waals surface area contributed by atoms with E-state index < -0.39 is 0 Å². The van der Waals surface area contributed by atoms with Crippen molar-refractivity contribution in [1.29, 1.82) is 0 Å². The molecule has 0 N–H and O–H groups in total. The van der Waals surface area contributed by atoms with E-state index in [1.165, 1.54) is 76.1 Å². The smallest absolute Gasteiger partial charge is 0.0474 e. The van der Waals surface area contributed by atoms with Gasteiger partial charge < -0.3 is 9.80 Å². The van der Waals surface area contributed by atoms with Gasteiger partial charge in [-0.1, -0.05) is 158 Å². The lowest BCUT2D eigenvalue weighted by Crippen LogP contribution is -2.10. The molecule has 290 valence electrons. The van der Waals surface area contributed by atoms with Gasteiger partial charge in [-0.05, 0) is 161 Å². The molecule has 0 fully saturated rings. The second-order valence-corrected chi connectivity index (χ2v) is 16.1. The highest BCUT2D eigenvalue weighted by Crippen LogP contribution is 2.50. The monoisotopic (exact) mass is 788 g/mol. The van der Waals surface area contributed by atoms with E-state index in [2.05, 4.69) is 252 Å². The molecule has 0 aromatic heterocycles. The molecule has 0 heterocycles. The molecule has 0 aliphatic carbocycles. The van der Waals surface area contributed by atoms with Crippen LogP contribution in [-0.2, 0) is 0 Å². The summed E-state index contributed by atoms with van der Waals surface area (Å²) in [7, 11) is 0. The van der Waals surface area contributed by atoms with Gasteiger partial charge in [0, 0.05) is 34.1 Å². The van der Waals surface area contributed by atoms with Crippen LogP contribution in [0.1, 0.15) is 0 Å². The van der Waals surface area contributed by atoms with Crippen molar-refractivity contribution in [3.05, 3.63) is 243 Å². The van der Waals surface area contributed by atoms with Crippen LogP contribution in [0, 0.1) is 0 Å². The van der Waals surface area contributed by atoms with E-state index in [0.29, 0.717) is 0 Å². The maximum Gasteiger partial charge on any atom is 0.0474 e. The molecule has 0 radical (unpaired) electrons. The molecule has 2 heteroatoms. The van der Waals surface area contributed by atoms with E-state index in [9.17, 15) is 0 Å². The normalized spacial score (nSPS) is 11.5. The molecule has 0 saturated carbocycles. The summed E-state index contributed by atoms with van der Waals surface area (Å²) in [6, 6.07) is 88.7. The highest BCUT2D eigenvalue weighted by Gasteiger charge is 2.24. The SMILES string of the molecule is c1ccc(N(c2ccccc2)c2cc3cc(-c4cccc5ccccc45)c4cc(N(c5ccccc5)c5ccccc5)cc5cc(-c6cccc7ccccc67)c(c2)c3c54)cc1. The lowest BCUT2D eigenvalue weighted by molar-refractivity contribution is 1.29. The Morgan fingerprint density at radius 1 is 0.194 bits per heavy atom. The second-order valence-electron chi connectivity index (χ2n) is 16.1. The molecule has 0 atom stereocenters. The molecule has 0 aliphatic rings. The third kappa shape index (κ3) is 5.96. The average Bonchev–Trinajstić information content (AvgIpc) is 3.34. The van der Waals surface area contributed by atoms with Crippen molar-refractivity contribution in [3.63, 3.8) is 0 Å². The first kappa shape index (κ1) is 35.7. The quantitative estimate of drug-likeness (QED) is 0.142. The largest absolute Gasteiger partial charge is 0.310 e. The van der Waals surface area contributed by atoms with E-state index in [0.717, 1.165) is 34.1 Å². The summed E-state index contributed by atoms with van der Waals surface area (Å²) in [5, 5.41) is 12.3. The van der Waals surface area contributed by atoms with Crippen molar-refractivity contribution >= 4 is 88.0 Å². The van der Waals surface area contributed by atoms with Gasteiger partial charge in [-0.2, -0.15) is 0 Å². The van der Waals surface area contributed by atoms with Gasteiger partial charge in [0.05, 0.1) is 0 Å². The van der Waals surface area contributed by atoms with Crippen molar-refractivity contribution in [1.82, 2.24) is 0 Å². The van der Waals surface area contributed by atoms with Crippen LogP contribution in [0.4, 0.5) is 34.1 Å². The van der Waals surface area contributed by atoms with E-state index in [-0.39, 0.29) is 0 Å². The fourth-order valence-electron chi connectivity index (χ4n) is 9.80. The lowest BCUT2D eigenvalue weighted by atomic mass is 9.83. The van der Waals surface area contributed by atoms with Gasteiger partial charge in [-0.3, -0.25) is 0 Å². The number of rotatable bonds is 8. The average molecular weight is 789 g/mol. The maximum absolute atomic E-state index is 2.47. The third-order valence-corrected chi connectivity index (χ3v) is 12.5. The number of hydrogen-bond acceptors (Lipinski definition) is 2. The van der Waals surface area contributed by atoms with E-state index in [1.807, 2.05) is 0 Å². The Balaban J connectivity index is 1.26. The summed E-state index contributed by atoms with van der Waals surface area (Å²) in [5.41, 5.74) is 11.5. The van der Waals surface area contributed by atoms with Gasteiger partial charge in [0.1, 0.15) is 0 Å². The minimum Gasteiger partial charge on any atom is -0.310 e. The molecule has 0 bridgehead atoms. The molecular formula is C60H40N2. The van der Waals surface area contributed by atoms with Gasteiger partial charge in [0.2, 0.25) is 0 Å². The van der Waals surface area contributed by atoms with Gasteiger partial charge in [-0.25, -0.2) is 0 Å². The fraction of sp³-hybridized carbons (Fsp3) is 0. The molecule has 2 nitrogen and oxygen atoms in total. The highest BCUT2D eigenvalue weighted by molar-refractivity contribution is 6.31. The van der Waals surface area contributed by atoms with Crippen LogP contribution in [-0.4, -0.2) is 0 Å². The Morgan fingerprint density at radius 2 is 0.516 bits per heavy atom. The zero-order valence-corrected chi connectivity index (χ0v) is 34.0. The summed E-state index contributed by atoms with van der Waals surface area (Å²) in [4.78, 5) is 4.79. The van der Waals surface area contributed by atoms with Crippen LogP contribution < -0.4 is 9.80 Å². The Labute approximate surface area is 361 Å². The standard InChI is InChI=1S/C60H40N2/c1-5-23-45(24-6-1)61(46-25-7-2-8-26-46)49-35-43-37-56(54-34-18-22-42-20-14-16-32-52(42)54)58-40-50(62(47-27-9-3-10-28-47)48-29-11-4-12-30-48)36-44-38-55(57(39-49)59(43)60(44)58)53-33-17-21-41-19-13-15-31-51(41)53/h1-40H. The predicted molar refractivity (Wildman–Crippen MR) is 265 cm³/mol. The molecule has 0 amide bonds. The molecule has 0 spiro atoms. The molecule has 12 aromatic rings. The molecular weight excluding hydrogens is 749 g/mol. The molecule has 0 unspecified atom stereocenters. The van der Waals surface area contributed by atoms with Crippen molar-refractivity contribution < 1.29 is 0 Å². The molecule has 12 aromatic carbocycles. The van der Waals surface area contributed by atoms with Gasteiger partial charge in [0.25, 0.3) is 0 Å². The molecule has 62 heavy (non-hydrogen) atoms. The Morgan fingerprint density at radius 3 is 0.887 bits per heavy atom. The molecule has 0 aliphatic heterocycles.